The Morgan fingerprint density at radius 3 is 2.44 bits per heavy atom. The van der Waals surface area contributed by atoms with Crippen LogP contribution in [0.4, 0.5) is 14.6 Å². The number of hydrogen-bond acceptors (Lipinski definition) is 7. The minimum Gasteiger partial charge on any atom is -0.490 e. The van der Waals surface area contributed by atoms with Gasteiger partial charge in [-0.05, 0) is 66.0 Å². The van der Waals surface area contributed by atoms with Crippen LogP contribution in [-0.2, 0) is 14.3 Å². The van der Waals surface area contributed by atoms with E-state index in [1.54, 1.807) is 48.7 Å². The molecule has 1 unspecified atom stereocenters. The Bertz CT molecular complexity index is 1890. The number of nitrogens with zero attached hydrogens (tertiary/aromatic N) is 4. The summed E-state index contributed by atoms with van der Waals surface area (Å²) >= 11 is 0. The van der Waals surface area contributed by atoms with E-state index in [1.165, 1.54) is 6.07 Å². The zero-order valence-electron chi connectivity index (χ0n) is 29.6. The monoisotopic (exact) mass is 688 g/mol. The van der Waals surface area contributed by atoms with Crippen LogP contribution in [-0.4, -0.2) is 62.7 Å². The molecule has 0 saturated carbocycles. The maximum absolute atomic E-state index is 15.4. The van der Waals surface area contributed by atoms with E-state index in [-0.39, 0.29) is 23.0 Å². The van der Waals surface area contributed by atoms with Crippen molar-refractivity contribution >= 4 is 17.4 Å². The van der Waals surface area contributed by atoms with Gasteiger partial charge in [0.05, 0.1) is 40.7 Å². The van der Waals surface area contributed by atoms with Crippen LogP contribution in [0.15, 0.2) is 67.8 Å². The average molecular weight is 689 g/mol. The third kappa shape index (κ3) is 8.05. The van der Waals surface area contributed by atoms with Crippen molar-refractivity contribution in [3.8, 4) is 28.1 Å². The molecule has 50 heavy (non-hydrogen) atoms. The average Bonchev–Trinajstić information content (AvgIpc) is 3.46. The third-order valence-electron chi connectivity index (χ3n) is 8.72. The van der Waals surface area contributed by atoms with Crippen molar-refractivity contribution in [2.24, 2.45) is 0 Å². The predicted molar refractivity (Wildman–Crippen MR) is 191 cm³/mol. The molecule has 1 aliphatic rings. The number of carboxylic acid groups (broad SMARTS) is 1. The second-order valence-electron chi connectivity index (χ2n) is 14.0. The van der Waals surface area contributed by atoms with Gasteiger partial charge in [0.25, 0.3) is 0 Å². The highest BCUT2D eigenvalue weighted by Crippen LogP contribution is 2.40. The maximum atomic E-state index is 15.4. The van der Waals surface area contributed by atoms with Gasteiger partial charge in [0, 0.05) is 49.0 Å². The van der Waals surface area contributed by atoms with Gasteiger partial charge in [-0.25, -0.2) is 18.6 Å². The van der Waals surface area contributed by atoms with Gasteiger partial charge >= 0.3 is 5.97 Å². The van der Waals surface area contributed by atoms with Crippen LogP contribution in [0.25, 0.3) is 28.0 Å². The lowest BCUT2D eigenvalue weighted by atomic mass is 9.92. The van der Waals surface area contributed by atoms with Crippen LogP contribution in [0.3, 0.4) is 0 Å². The smallest absolute Gasteiger partial charge is 0.337 e. The number of aliphatic carboxylic acids is 1. The van der Waals surface area contributed by atoms with Crippen LogP contribution in [0.1, 0.15) is 71.2 Å². The van der Waals surface area contributed by atoms with Crippen LogP contribution in [0.2, 0.25) is 0 Å². The molecule has 4 aromatic rings. The molecular weight excluding hydrogens is 642 g/mol. The van der Waals surface area contributed by atoms with Crippen molar-refractivity contribution < 1.29 is 32.9 Å². The SMILES string of the molecule is C=CCOC1(C)CCN(c2c(C(OC(C)(C)C)C(=O)O)c(C)nc3cc(-c4cccc(-c5c(F)cc(F)cc5O[C@@H](C)CC=C)c4)nn23)CC1. The minimum absolute atomic E-state index is 0.0842. The minimum atomic E-state index is -1.31. The molecule has 0 bridgehead atoms. The first-order chi connectivity index (χ1) is 23.6. The van der Waals surface area contributed by atoms with E-state index < -0.39 is 29.3 Å². The molecule has 5 rings (SSSR count). The summed E-state index contributed by atoms with van der Waals surface area (Å²) in [5.41, 5.74) is 2.08. The molecule has 2 aromatic carbocycles. The van der Waals surface area contributed by atoms with Gasteiger partial charge in [0.2, 0.25) is 0 Å². The predicted octanol–water partition coefficient (Wildman–Crippen LogP) is 8.50. The molecule has 11 heteroatoms. The quantitative estimate of drug-likeness (QED) is 0.140. The van der Waals surface area contributed by atoms with Crippen molar-refractivity contribution in [1.82, 2.24) is 14.6 Å². The summed E-state index contributed by atoms with van der Waals surface area (Å²) in [7, 11) is 0. The number of carbonyl (C=O) groups is 1. The number of benzene rings is 2. The molecular formula is C39H46F2N4O5. The Morgan fingerprint density at radius 2 is 1.80 bits per heavy atom. The Hall–Kier alpha value is -4.61. The van der Waals surface area contributed by atoms with E-state index in [0.29, 0.717) is 78.5 Å². The number of anilines is 1. The summed E-state index contributed by atoms with van der Waals surface area (Å²) in [6.45, 7) is 20.2. The lowest BCUT2D eigenvalue weighted by Crippen LogP contribution is -2.45. The molecule has 3 heterocycles. The number of halogens is 2. The molecule has 0 spiro atoms. The number of aromatic nitrogens is 3. The van der Waals surface area contributed by atoms with Crippen LogP contribution in [0, 0.1) is 18.6 Å². The third-order valence-corrected chi connectivity index (χ3v) is 8.72. The molecule has 1 fully saturated rings. The number of aryl methyl sites for hydroxylation is 1. The van der Waals surface area contributed by atoms with E-state index in [1.807, 2.05) is 32.9 Å². The molecule has 9 nitrogen and oxygen atoms in total. The Balaban J connectivity index is 1.64. The molecule has 0 amide bonds. The van der Waals surface area contributed by atoms with E-state index in [0.717, 1.165) is 6.07 Å². The van der Waals surface area contributed by atoms with Gasteiger partial charge in [-0.3, -0.25) is 0 Å². The highest BCUT2D eigenvalue weighted by atomic mass is 19.1. The first-order valence-electron chi connectivity index (χ1n) is 16.8. The van der Waals surface area contributed by atoms with Crippen LogP contribution < -0.4 is 9.64 Å². The van der Waals surface area contributed by atoms with Gasteiger partial charge in [0.1, 0.15) is 23.2 Å². The van der Waals surface area contributed by atoms with Gasteiger partial charge in [0.15, 0.2) is 11.8 Å². The fourth-order valence-corrected chi connectivity index (χ4v) is 6.31. The maximum Gasteiger partial charge on any atom is 0.337 e. The fraction of sp³-hybridized carbons (Fsp3) is 0.410. The highest BCUT2D eigenvalue weighted by molar-refractivity contribution is 5.80. The summed E-state index contributed by atoms with van der Waals surface area (Å²) in [6.07, 6.45) is 3.63. The van der Waals surface area contributed by atoms with Crippen molar-refractivity contribution in [3.05, 3.63) is 90.7 Å². The molecule has 1 N–H and O–H groups in total. The Kier molecular flexibility index (Phi) is 10.8. The molecule has 0 aliphatic carbocycles. The van der Waals surface area contributed by atoms with E-state index in [9.17, 15) is 14.3 Å². The molecule has 2 atom stereocenters. The molecule has 2 aromatic heterocycles. The van der Waals surface area contributed by atoms with Crippen molar-refractivity contribution in [2.45, 2.75) is 84.2 Å². The largest absolute Gasteiger partial charge is 0.490 e. The van der Waals surface area contributed by atoms with Gasteiger partial charge in [-0.1, -0.05) is 30.4 Å². The van der Waals surface area contributed by atoms with Crippen molar-refractivity contribution in [1.29, 1.82) is 0 Å². The first kappa shape index (κ1) is 36.7. The Morgan fingerprint density at radius 1 is 1.10 bits per heavy atom. The summed E-state index contributed by atoms with van der Waals surface area (Å²) in [4.78, 5) is 19.7. The number of carboxylic acids is 1. The van der Waals surface area contributed by atoms with Gasteiger partial charge in [-0.2, -0.15) is 9.61 Å². The number of piperidine rings is 1. The number of rotatable bonds is 13. The summed E-state index contributed by atoms with van der Waals surface area (Å²) in [6, 6.07) is 10.9. The highest BCUT2D eigenvalue weighted by Gasteiger charge is 2.37. The van der Waals surface area contributed by atoms with E-state index in [4.69, 9.17) is 24.3 Å². The molecule has 1 saturated heterocycles. The van der Waals surface area contributed by atoms with E-state index >= 15 is 4.39 Å². The van der Waals surface area contributed by atoms with E-state index in [2.05, 4.69) is 25.0 Å². The second-order valence-corrected chi connectivity index (χ2v) is 14.0. The topological polar surface area (TPSA) is 98.4 Å². The van der Waals surface area contributed by atoms with Crippen LogP contribution in [0.5, 0.6) is 5.75 Å². The Labute approximate surface area is 292 Å². The molecule has 1 aliphatic heterocycles. The molecule has 0 radical (unpaired) electrons. The van der Waals surface area contributed by atoms with Gasteiger partial charge < -0.3 is 24.2 Å². The number of fused-ring (bicyclic) bond motifs is 1. The van der Waals surface area contributed by atoms with Crippen LogP contribution >= 0.6 is 0 Å². The number of ether oxygens (including phenoxy) is 3. The summed E-state index contributed by atoms with van der Waals surface area (Å²) in [5.74, 6) is -1.97. The first-order valence-corrected chi connectivity index (χ1v) is 16.8. The zero-order valence-corrected chi connectivity index (χ0v) is 29.6. The normalized spacial score (nSPS) is 15.9. The van der Waals surface area contributed by atoms with Crippen molar-refractivity contribution in [2.75, 3.05) is 24.6 Å². The summed E-state index contributed by atoms with van der Waals surface area (Å²) < 4.78 is 49.6. The van der Waals surface area contributed by atoms with Crippen molar-refractivity contribution in [3.63, 3.8) is 0 Å². The molecule has 266 valence electrons. The lowest BCUT2D eigenvalue weighted by molar-refractivity contribution is -0.160. The number of hydrogen-bond donors (Lipinski definition) is 1. The second kappa shape index (κ2) is 14.7. The van der Waals surface area contributed by atoms with Gasteiger partial charge in [-0.15, -0.1) is 13.2 Å². The summed E-state index contributed by atoms with van der Waals surface area (Å²) in [5, 5.41) is 15.4. The zero-order chi connectivity index (χ0) is 36.4. The standard InChI is InChI=1S/C39H46F2N4O5/c1-9-12-24(3)49-31-22-28(40)21-29(41)34(31)27-14-11-13-26(20-27)30-23-32-42-25(4)33(35(37(46)47)50-38(5,6)7)36(45(32)43-30)44-17-15-39(8,16-18-44)48-19-10-2/h9-11,13-14,20-24,35H,1-2,12,15-19H2,3-8H3,(H,46,47)/t24-,35?/m0/s1. The fourth-order valence-electron chi connectivity index (χ4n) is 6.31. The lowest BCUT2D eigenvalue weighted by Gasteiger charge is -2.41.